The Kier molecular flexibility index (Phi) is 5.46. The molecule has 0 radical (unpaired) electrons. The summed E-state index contributed by atoms with van der Waals surface area (Å²) in [6, 6.07) is 15.6. The molecule has 0 saturated heterocycles. The minimum absolute atomic E-state index is 0.227. The first-order valence-electron chi connectivity index (χ1n) is 8.60. The van der Waals surface area contributed by atoms with Gasteiger partial charge in [0.2, 0.25) is 5.13 Å². The smallest absolute Gasteiger partial charge is 0.258 e. The summed E-state index contributed by atoms with van der Waals surface area (Å²) >= 11 is 7.39. The average molecular weight is 424 g/mol. The number of halogens is 1. The Balaban J connectivity index is 1.53. The molecule has 1 amide bonds. The predicted molar refractivity (Wildman–Crippen MR) is 112 cm³/mol. The number of carbonyl (C=O) groups excluding carboxylic acids is 1. The van der Waals surface area contributed by atoms with Crippen molar-refractivity contribution < 1.29 is 4.79 Å². The van der Waals surface area contributed by atoms with Gasteiger partial charge in [-0.05, 0) is 29.8 Å². The van der Waals surface area contributed by atoms with Crippen LogP contribution >= 0.6 is 22.9 Å². The molecule has 0 atom stereocenters. The van der Waals surface area contributed by atoms with Gasteiger partial charge in [-0.15, -0.1) is 10.2 Å². The van der Waals surface area contributed by atoms with Crippen LogP contribution in [0, 0.1) is 0 Å². The summed E-state index contributed by atoms with van der Waals surface area (Å²) in [5.41, 5.74) is 1.57. The van der Waals surface area contributed by atoms with Gasteiger partial charge in [-0.1, -0.05) is 47.2 Å². The number of amides is 1. The minimum atomic E-state index is -0.387. The van der Waals surface area contributed by atoms with E-state index >= 15 is 0 Å². The summed E-state index contributed by atoms with van der Waals surface area (Å²) < 4.78 is 1.44. The van der Waals surface area contributed by atoms with Crippen LogP contribution in [0.2, 0.25) is 5.02 Å². The highest BCUT2D eigenvalue weighted by atomic mass is 35.5. The quantitative estimate of drug-likeness (QED) is 0.528. The summed E-state index contributed by atoms with van der Waals surface area (Å²) in [4.78, 5) is 29.0. The maximum absolute atomic E-state index is 12.6. The second-order valence-corrected chi connectivity index (χ2v) is 7.44. The Morgan fingerprint density at radius 3 is 2.69 bits per heavy atom. The number of benzene rings is 1. The largest absolute Gasteiger partial charge is 0.310 e. The van der Waals surface area contributed by atoms with E-state index in [0.29, 0.717) is 26.4 Å². The number of carbonyl (C=O) groups is 1. The fourth-order valence-corrected chi connectivity index (χ4v) is 3.55. The zero-order valence-electron chi connectivity index (χ0n) is 14.9. The third-order valence-electron chi connectivity index (χ3n) is 4.07. The molecule has 0 aliphatic rings. The van der Waals surface area contributed by atoms with Gasteiger partial charge >= 0.3 is 0 Å². The van der Waals surface area contributed by atoms with Crippen LogP contribution in [0.5, 0.6) is 0 Å². The molecular weight excluding hydrogens is 410 g/mol. The molecule has 0 aliphatic heterocycles. The molecule has 3 heterocycles. The van der Waals surface area contributed by atoms with Crippen LogP contribution in [0.15, 0.2) is 71.8 Å². The molecule has 0 saturated carbocycles. The molecule has 144 valence electrons. The van der Waals surface area contributed by atoms with Crippen LogP contribution in [-0.2, 0) is 6.54 Å². The Hall–Kier alpha value is -3.36. The molecular formula is C20H14ClN5O2S. The standard InChI is InChI=1S/C20H14ClN5O2S/c21-15-6-2-1-5-13(15)11-26-12-14(8-9-17(26)27)18(28)23-20-25-24-19(29-20)16-7-3-4-10-22-16/h1-10,12H,11H2,(H,23,25,28). The molecule has 29 heavy (non-hydrogen) atoms. The van der Waals surface area contributed by atoms with Crippen molar-refractivity contribution in [3.63, 3.8) is 0 Å². The van der Waals surface area contributed by atoms with Gasteiger partial charge in [0.1, 0.15) is 5.69 Å². The van der Waals surface area contributed by atoms with E-state index in [1.165, 1.54) is 34.2 Å². The molecule has 7 nitrogen and oxygen atoms in total. The van der Waals surface area contributed by atoms with Crippen LogP contribution in [0.4, 0.5) is 5.13 Å². The van der Waals surface area contributed by atoms with Gasteiger partial charge in [-0.2, -0.15) is 0 Å². The van der Waals surface area contributed by atoms with Crippen molar-refractivity contribution in [3.05, 3.63) is 93.5 Å². The maximum Gasteiger partial charge on any atom is 0.258 e. The second kappa shape index (κ2) is 8.34. The SMILES string of the molecule is O=C(Nc1nnc(-c2ccccn2)s1)c1ccc(=O)n(Cc2ccccc2Cl)c1. The predicted octanol–water partition coefficient (Wildman–Crippen LogP) is 3.72. The van der Waals surface area contributed by atoms with Crippen LogP contribution < -0.4 is 10.9 Å². The van der Waals surface area contributed by atoms with Gasteiger partial charge in [0.25, 0.3) is 11.5 Å². The van der Waals surface area contributed by atoms with Gasteiger partial charge in [0.15, 0.2) is 5.01 Å². The molecule has 0 aliphatic carbocycles. The number of nitrogens with one attached hydrogen (secondary N) is 1. The number of rotatable bonds is 5. The van der Waals surface area contributed by atoms with E-state index < -0.39 is 0 Å². The average Bonchev–Trinajstić information content (AvgIpc) is 3.20. The summed E-state index contributed by atoms with van der Waals surface area (Å²) in [7, 11) is 0. The Morgan fingerprint density at radius 2 is 1.90 bits per heavy atom. The fourth-order valence-electron chi connectivity index (χ4n) is 2.64. The lowest BCUT2D eigenvalue weighted by Crippen LogP contribution is -2.22. The Bertz CT molecular complexity index is 1220. The van der Waals surface area contributed by atoms with Gasteiger partial charge in [-0.3, -0.25) is 19.9 Å². The number of hydrogen-bond acceptors (Lipinski definition) is 6. The lowest BCUT2D eigenvalue weighted by molar-refractivity contribution is 0.102. The van der Waals surface area contributed by atoms with E-state index in [0.717, 1.165) is 5.56 Å². The minimum Gasteiger partial charge on any atom is -0.310 e. The third kappa shape index (κ3) is 4.39. The number of hydrogen-bond donors (Lipinski definition) is 1. The zero-order chi connectivity index (χ0) is 20.2. The first-order valence-corrected chi connectivity index (χ1v) is 9.80. The first-order chi connectivity index (χ1) is 14.1. The molecule has 1 aromatic carbocycles. The fraction of sp³-hybridized carbons (Fsp3) is 0.0500. The lowest BCUT2D eigenvalue weighted by Gasteiger charge is -2.09. The van der Waals surface area contributed by atoms with Crippen molar-refractivity contribution in [1.29, 1.82) is 0 Å². The molecule has 0 unspecified atom stereocenters. The topological polar surface area (TPSA) is 89.8 Å². The third-order valence-corrected chi connectivity index (χ3v) is 5.30. The molecule has 0 bridgehead atoms. The van der Waals surface area contributed by atoms with Crippen LogP contribution in [0.1, 0.15) is 15.9 Å². The van der Waals surface area contributed by atoms with Crippen molar-refractivity contribution in [3.8, 4) is 10.7 Å². The van der Waals surface area contributed by atoms with Crippen molar-refractivity contribution in [2.45, 2.75) is 6.54 Å². The van der Waals surface area contributed by atoms with Crippen molar-refractivity contribution in [2.75, 3.05) is 5.32 Å². The highest BCUT2D eigenvalue weighted by molar-refractivity contribution is 7.18. The van der Waals surface area contributed by atoms with Crippen LogP contribution in [-0.4, -0.2) is 25.7 Å². The zero-order valence-corrected chi connectivity index (χ0v) is 16.5. The number of nitrogens with zero attached hydrogens (tertiary/aromatic N) is 4. The molecule has 9 heteroatoms. The molecule has 3 aromatic heterocycles. The van der Waals surface area contributed by atoms with E-state index in [2.05, 4.69) is 20.5 Å². The summed E-state index contributed by atoms with van der Waals surface area (Å²) in [6.07, 6.45) is 3.17. The molecule has 4 aromatic rings. The highest BCUT2D eigenvalue weighted by Crippen LogP contribution is 2.24. The molecule has 1 N–H and O–H groups in total. The summed E-state index contributed by atoms with van der Waals surface area (Å²) in [5.74, 6) is -0.387. The summed E-state index contributed by atoms with van der Waals surface area (Å²) in [6.45, 7) is 0.266. The van der Waals surface area contributed by atoms with Gasteiger partial charge < -0.3 is 4.57 Å². The normalized spacial score (nSPS) is 10.7. The Labute approximate surface area is 174 Å². The molecule has 0 spiro atoms. The van der Waals surface area contributed by atoms with Crippen LogP contribution in [0.3, 0.4) is 0 Å². The first kappa shape index (κ1) is 19.0. The van der Waals surface area contributed by atoms with Crippen molar-refractivity contribution in [1.82, 2.24) is 19.7 Å². The maximum atomic E-state index is 12.6. The van der Waals surface area contributed by atoms with E-state index in [1.807, 2.05) is 36.4 Å². The van der Waals surface area contributed by atoms with E-state index in [1.54, 1.807) is 12.3 Å². The number of anilines is 1. The number of aromatic nitrogens is 4. The van der Waals surface area contributed by atoms with Crippen molar-refractivity contribution in [2.24, 2.45) is 0 Å². The van der Waals surface area contributed by atoms with Gasteiger partial charge in [0, 0.05) is 23.5 Å². The van der Waals surface area contributed by atoms with Crippen LogP contribution in [0.25, 0.3) is 10.7 Å². The molecule has 0 fully saturated rings. The van der Waals surface area contributed by atoms with E-state index in [4.69, 9.17) is 11.6 Å². The van der Waals surface area contributed by atoms with Crippen molar-refractivity contribution >= 4 is 34.0 Å². The molecule has 4 rings (SSSR count). The second-order valence-electron chi connectivity index (χ2n) is 6.06. The van der Waals surface area contributed by atoms with Gasteiger partial charge in [0.05, 0.1) is 12.1 Å². The lowest BCUT2D eigenvalue weighted by atomic mass is 10.2. The monoisotopic (exact) mass is 423 g/mol. The summed E-state index contributed by atoms with van der Waals surface area (Å²) in [5, 5.41) is 12.3. The highest BCUT2D eigenvalue weighted by Gasteiger charge is 2.13. The van der Waals surface area contributed by atoms with Gasteiger partial charge in [-0.25, -0.2) is 0 Å². The Morgan fingerprint density at radius 1 is 1.07 bits per heavy atom. The van der Waals surface area contributed by atoms with E-state index in [-0.39, 0.29) is 18.0 Å². The number of pyridine rings is 2. The van der Waals surface area contributed by atoms with E-state index in [9.17, 15) is 9.59 Å².